The van der Waals surface area contributed by atoms with Gasteiger partial charge in [-0.2, -0.15) is 17.9 Å². The van der Waals surface area contributed by atoms with Crippen molar-refractivity contribution in [1.82, 2.24) is 10.2 Å². The zero-order valence-electron chi connectivity index (χ0n) is 16.2. The fourth-order valence-corrected chi connectivity index (χ4v) is 3.53. The van der Waals surface area contributed by atoms with Crippen LogP contribution in [0.2, 0.25) is 0 Å². The predicted octanol–water partition coefficient (Wildman–Crippen LogP) is 0.759. The third-order valence-electron chi connectivity index (χ3n) is 4.99. The number of cyclic esters (lactones) is 1. The summed E-state index contributed by atoms with van der Waals surface area (Å²) in [5.41, 5.74) is 0.753. The highest BCUT2D eigenvalue weighted by atomic mass is 32.1. The molecule has 2 aliphatic heterocycles. The number of nitrogens with zero attached hydrogens (tertiary/aromatic N) is 4. The number of anilines is 2. The summed E-state index contributed by atoms with van der Waals surface area (Å²) >= 11 is 3.87. The molecule has 0 bridgehead atoms. The van der Waals surface area contributed by atoms with Gasteiger partial charge in [0.25, 0.3) is 0 Å². The molecule has 160 valence electrons. The first kappa shape index (κ1) is 21.7. The van der Waals surface area contributed by atoms with Gasteiger partial charge in [-0.1, -0.05) is 0 Å². The Hall–Kier alpha value is -3.00. The number of halogens is 1. The molecule has 30 heavy (non-hydrogen) atoms. The Balaban J connectivity index is 1.61. The number of ether oxygens (including phenoxy) is 1. The summed E-state index contributed by atoms with van der Waals surface area (Å²) in [5.74, 6) is -0.931. The van der Waals surface area contributed by atoms with E-state index in [1.54, 1.807) is 17.0 Å². The van der Waals surface area contributed by atoms with Crippen molar-refractivity contribution < 1.29 is 23.5 Å². The van der Waals surface area contributed by atoms with E-state index in [9.17, 15) is 18.8 Å². The third kappa shape index (κ3) is 4.94. The summed E-state index contributed by atoms with van der Waals surface area (Å²) in [6.07, 6.45) is -1.28. The minimum absolute atomic E-state index is 0.0395. The molecule has 1 aromatic rings. The number of hydrogen-bond donors (Lipinski definition) is 2. The van der Waals surface area contributed by atoms with Crippen LogP contribution in [0.5, 0.6) is 0 Å². The number of carbonyl (C=O) groups is 3. The van der Waals surface area contributed by atoms with Crippen molar-refractivity contribution in [3.05, 3.63) is 24.0 Å². The molecule has 1 unspecified atom stereocenters. The van der Waals surface area contributed by atoms with Crippen LogP contribution in [0.15, 0.2) is 18.2 Å². The number of piperazine rings is 1. The van der Waals surface area contributed by atoms with E-state index in [0.717, 1.165) is 0 Å². The van der Waals surface area contributed by atoms with Gasteiger partial charge in [0.15, 0.2) is 0 Å². The standard InChI is InChI=1S/C19H22FN5O4S/c20-15-9-13(25-11-14(29-19(25)28)10-22-17(26)12-30)1-2-16(15)23-5-7-24(8-6-23)18(27)3-4-21/h1-2,9,14,30H,3,5-8,10-12H2,(H,22,26). The Morgan fingerprint density at radius 2 is 2.03 bits per heavy atom. The SMILES string of the molecule is N#CCC(=O)N1CCN(c2ccc(N3CC(CNC(=O)CS)OC3=O)cc2F)CC1. The fraction of sp³-hybridized carbons (Fsp3) is 0.474. The van der Waals surface area contributed by atoms with Gasteiger partial charge in [-0.25, -0.2) is 9.18 Å². The summed E-state index contributed by atoms with van der Waals surface area (Å²) in [6.45, 7) is 2.10. The van der Waals surface area contributed by atoms with E-state index in [1.165, 1.54) is 11.0 Å². The molecule has 2 aliphatic rings. The number of hydrogen-bond acceptors (Lipinski definition) is 7. The minimum Gasteiger partial charge on any atom is -0.442 e. The molecule has 1 N–H and O–H groups in total. The lowest BCUT2D eigenvalue weighted by atomic mass is 10.2. The first-order chi connectivity index (χ1) is 14.4. The molecule has 11 heteroatoms. The van der Waals surface area contributed by atoms with Crippen LogP contribution in [0.3, 0.4) is 0 Å². The van der Waals surface area contributed by atoms with Gasteiger partial charge in [-0.3, -0.25) is 14.5 Å². The van der Waals surface area contributed by atoms with Crippen molar-refractivity contribution in [2.75, 3.05) is 54.8 Å². The largest absolute Gasteiger partial charge is 0.442 e. The third-order valence-corrected chi connectivity index (χ3v) is 5.28. The van der Waals surface area contributed by atoms with Gasteiger partial charge in [0, 0.05) is 26.2 Å². The number of carbonyl (C=O) groups excluding carboxylic acids is 3. The molecule has 1 aromatic carbocycles. The first-order valence-corrected chi connectivity index (χ1v) is 10.1. The highest BCUT2D eigenvalue weighted by molar-refractivity contribution is 7.81. The number of nitrogens with one attached hydrogen (secondary N) is 1. The molecule has 9 nitrogen and oxygen atoms in total. The molecule has 1 atom stereocenters. The van der Waals surface area contributed by atoms with Crippen LogP contribution in [-0.4, -0.2) is 73.9 Å². The molecule has 2 heterocycles. The average Bonchev–Trinajstić information content (AvgIpc) is 3.12. The van der Waals surface area contributed by atoms with Crippen LogP contribution < -0.4 is 15.1 Å². The molecule has 3 amide bonds. The molecule has 0 aromatic heterocycles. The summed E-state index contributed by atoms with van der Waals surface area (Å²) in [7, 11) is 0. The van der Waals surface area contributed by atoms with E-state index in [-0.39, 0.29) is 37.1 Å². The highest BCUT2D eigenvalue weighted by Crippen LogP contribution is 2.28. The Bertz CT molecular complexity index is 869. The van der Waals surface area contributed by atoms with Gasteiger partial charge in [0.1, 0.15) is 18.3 Å². The van der Waals surface area contributed by atoms with Crippen LogP contribution in [0.25, 0.3) is 0 Å². The first-order valence-electron chi connectivity index (χ1n) is 9.48. The fourth-order valence-electron chi connectivity index (χ4n) is 3.42. The number of thiol groups is 1. The Labute approximate surface area is 178 Å². The van der Waals surface area contributed by atoms with Gasteiger partial charge in [0.2, 0.25) is 11.8 Å². The molecule has 3 rings (SSSR count). The van der Waals surface area contributed by atoms with E-state index >= 15 is 0 Å². The smallest absolute Gasteiger partial charge is 0.414 e. The van der Waals surface area contributed by atoms with Crippen molar-refractivity contribution >= 4 is 41.9 Å². The number of benzene rings is 1. The van der Waals surface area contributed by atoms with Crippen LogP contribution in [-0.2, 0) is 14.3 Å². The maximum Gasteiger partial charge on any atom is 0.414 e. The van der Waals surface area contributed by atoms with Gasteiger partial charge in [-0.15, -0.1) is 0 Å². The predicted molar refractivity (Wildman–Crippen MR) is 110 cm³/mol. The number of amides is 3. The molecular formula is C19H22FN5O4S. The lowest BCUT2D eigenvalue weighted by Crippen LogP contribution is -2.49. The molecule has 2 saturated heterocycles. The van der Waals surface area contributed by atoms with Crippen LogP contribution in [0.1, 0.15) is 6.42 Å². The lowest BCUT2D eigenvalue weighted by Gasteiger charge is -2.36. The Kier molecular flexibility index (Phi) is 6.99. The van der Waals surface area contributed by atoms with E-state index in [4.69, 9.17) is 10.00 Å². The lowest BCUT2D eigenvalue weighted by molar-refractivity contribution is -0.130. The second kappa shape index (κ2) is 9.67. The van der Waals surface area contributed by atoms with Crippen molar-refractivity contribution in [1.29, 1.82) is 5.26 Å². The minimum atomic E-state index is -0.600. The van der Waals surface area contributed by atoms with E-state index in [2.05, 4.69) is 17.9 Å². The average molecular weight is 435 g/mol. The van der Waals surface area contributed by atoms with Crippen molar-refractivity contribution in [2.24, 2.45) is 0 Å². The number of nitriles is 1. The summed E-state index contributed by atoms with van der Waals surface area (Å²) < 4.78 is 20.0. The van der Waals surface area contributed by atoms with Gasteiger partial charge < -0.3 is 19.9 Å². The highest BCUT2D eigenvalue weighted by Gasteiger charge is 2.33. The van der Waals surface area contributed by atoms with Crippen molar-refractivity contribution in [3.63, 3.8) is 0 Å². The monoisotopic (exact) mass is 435 g/mol. The molecule has 0 aliphatic carbocycles. The zero-order chi connectivity index (χ0) is 21.7. The molecule has 0 radical (unpaired) electrons. The number of rotatable bonds is 6. The van der Waals surface area contributed by atoms with Gasteiger partial charge in [0.05, 0.1) is 36.3 Å². The van der Waals surface area contributed by atoms with E-state index in [1.807, 2.05) is 11.0 Å². The summed E-state index contributed by atoms with van der Waals surface area (Å²) in [4.78, 5) is 40.0. The maximum absolute atomic E-state index is 14.8. The molecule has 2 fully saturated rings. The van der Waals surface area contributed by atoms with Crippen molar-refractivity contribution in [3.8, 4) is 6.07 Å². The second-order valence-corrected chi connectivity index (χ2v) is 7.23. The van der Waals surface area contributed by atoms with Crippen molar-refractivity contribution in [2.45, 2.75) is 12.5 Å². The van der Waals surface area contributed by atoms with E-state index < -0.39 is 18.0 Å². The van der Waals surface area contributed by atoms with Gasteiger partial charge in [-0.05, 0) is 18.2 Å². The molecule has 0 saturated carbocycles. The quantitative estimate of drug-likeness (QED) is 0.639. The topological polar surface area (TPSA) is 106 Å². The maximum atomic E-state index is 14.8. The van der Waals surface area contributed by atoms with Crippen LogP contribution >= 0.6 is 12.6 Å². The van der Waals surface area contributed by atoms with Gasteiger partial charge >= 0.3 is 6.09 Å². The Morgan fingerprint density at radius 1 is 1.30 bits per heavy atom. The summed E-state index contributed by atoms with van der Waals surface area (Å²) in [5, 5.41) is 11.2. The van der Waals surface area contributed by atoms with Crippen LogP contribution in [0.4, 0.5) is 20.6 Å². The molecular weight excluding hydrogens is 413 g/mol. The Morgan fingerprint density at radius 3 is 2.67 bits per heavy atom. The zero-order valence-corrected chi connectivity index (χ0v) is 17.1. The van der Waals surface area contributed by atoms with E-state index in [0.29, 0.717) is 37.6 Å². The van der Waals surface area contributed by atoms with Crippen LogP contribution in [0, 0.1) is 17.1 Å². The summed E-state index contributed by atoms with van der Waals surface area (Å²) in [6, 6.07) is 6.36. The second-order valence-electron chi connectivity index (χ2n) is 6.92. The normalized spacial score (nSPS) is 18.8. The molecule has 0 spiro atoms.